The highest BCUT2D eigenvalue weighted by molar-refractivity contribution is 5.94. The maximum atomic E-state index is 13.1. The molecule has 2 heterocycles. The van der Waals surface area contributed by atoms with Crippen LogP contribution in [0.5, 0.6) is 5.75 Å². The van der Waals surface area contributed by atoms with Gasteiger partial charge >= 0.3 is 0 Å². The van der Waals surface area contributed by atoms with Crippen LogP contribution in [0.4, 0.5) is 11.4 Å². The van der Waals surface area contributed by atoms with Crippen LogP contribution in [0.1, 0.15) is 44.5 Å². The second-order valence-corrected chi connectivity index (χ2v) is 6.97. The van der Waals surface area contributed by atoms with Gasteiger partial charge in [-0.15, -0.1) is 0 Å². The van der Waals surface area contributed by atoms with Gasteiger partial charge in [0, 0.05) is 31.0 Å². The Bertz CT molecular complexity index is 864. The summed E-state index contributed by atoms with van der Waals surface area (Å²) in [5.74, 6) is -0.341. The van der Waals surface area contributed by atoms with Gasteiger partial charge in [-0.1, -0.05) is 0 Å². The summed E-state index contributed by atoms with van der Waals surface area (Å²) < 4.78 is 13.0. The third-order valence-electron chi connectivity index (χ3n) is 4.79. The van der Waals surface area contributed by atoms with Crippen molar-refractivity contribution in [2.24, 2.45) is 5.92 Å². The van der Waals surface area contributed by atoms with Crippen LogP contribution in [0.25, 0.3) is 0 Å². The SMILES string of the molecule is COc1ccc([N+](=O)[O-])cc1NC(=O)[C@@H]1CCCO[C@H]1c1ccnn1C(C)C. The number of aromatic nitrogens is 2. The molecule has 28 heavy (non-hydrogen) atoms. The minimum Gasteiger partial charge on any atom is -0.495 e. The maximum absolute atomic E-state index is 13.1. The number of nitrogens with zero attached hydrogens (tertiary/aromatic N) is 3. The number of hydrogen-bond donors (Lipinski definition) is 1. The smallest absolute Gasteiger partial charge is 0.271 e. The molecule has 3 rings (SSSR count). The number of nitro benzene ring substituents is 1. The summed E-state index contributed by atoms with van der Waals surface area (Å²) >= 11 is 0. The van der Waals surface area contributed by atoms with Crippen molar-refractivity contribution < 1.29 is 19.2 Å². The largest absolute Gasteiger partial charge is 0.495 e. The van der Waals surface area contributed by atoms with Crippen molar-refractivity contribution >= 4 is 17.3 Å². The number of carbonyl (C=O) groups excluding carboxylic acids is 1. The van der Waals surface area contributed by atoms with Crippen LogP contribution in [-0.2, 0) is 9.53 Å². The van der Waals surface area contributed by atoms with E-state index in [-0.39, 0.29) is 23.3 Å². The minimum atomic E-state index is -0.511. The van der Waals surface area contributed by atoms with Crippen molar-refractivity contribution in [2.75, 3.05) is 19.0 Å². The fourth-order valence-electron chi connectivity index (χ4n) is 3.46. The number of rotatable bonds is 6. The Kier molecular flexibility index (Phi) is 5.93. The number of methoxy groups -OCH3 is 1. The van der Waals surface area contributed by atoms with E-state index in [2.05, 4.69) is 10.4 Å². The van der Waals surface area contributed by atoms with Gasteiger partial charge in [-0.05, 0) is 38.8 Å². The molecule has 0 unspecified atom stereocenters. The number of non-ortho nitro benzene ring substituents is 1. The first-order valence-corrected chi connectivity index (χ1v) is 9.20. The second kappa shape index (κ2) is 8.39. The number of benzene rings is 1. The van der Waals surface area contributed by atoms with Crippen molar-refractivity contribution in [2.45, 2.75) is 38.8 Å². The van der Waals surface area contributed by atoms with Crippen molar-refractivity contribution in [3.8, 4) is 5.75 Å². The molecular formula is C19H24N4O5. The number of carbonyl (C=O) groups is 1. The first kappa shape index (κ1) is 19.8. The molecule has 0 aliphatic carbocycles. The Morgan fingerprint density at radius 1 is 1.43 bits per heavy atom. The van der Waals surface area contributed by atoms with Crippen molar-refractivity contribution in [1.29, 1.82) is 0 Å². The van der Waals surface area contributed by atoms with E-state index in [1.807, 2.05) is 24.6 Å². The highest BCUT2D eigenvalue weighted by Crippen LogP contribution is 2.36. The molecule has 1 amide bonds. The quantitative estimate of drug-likeness (QED) is 0.599. The average molecular weight is 388 g/mol. The molecule has 2 aromatic rings. The van der Waals surface area contributed by atoms with E-state index in [0.717, 1.165) is 12.1 Å². The summed E-state index contributed by atoms with van der Waals surface area (Å²) in [6, 6.07) is 6.10. The van der Waals surface area contributed by atoms with Gasteiger partial charge in [0.05, 0.1) is 29.3 Å². The molecular weight excluding hydrogens is 364 g/mol. The van der Waals surface area contributed by atoms with Crippen molar-refractivity contribution in [3.63, 3.8) is 0 Å². The number of nitro groups is 1. The van der Waals surface area contributed by atoms with E-state index >= 15 is 0 Å². The topological polar surface area (TPSA) is 109 Å². The van der Waals surface area contributed by atoms with Gasteiger partial charge < -0.3 is 14.8 Å². The lowest BCUT2D eigenvalue weighted by molar-refractivity contribution is -0.384. The van der Waals surface area contributed by atoms with E-state index < -0.39 is 16.9 Å². The van der Waals surface area contributed by atoms with Gasteiger partial charge in [0.2, 0.25) is 5.91 Å². The second-order valence-electron chi connectivity index (χ2n) is 6.97. The van der Waals surface area contributed by atoms with Crippen LogP contribution in [0.15, 0.2) is 30.5 Å². The molecule has 0 bridgehead atoms. The van der Waals surface area contributed by atoms with Crippen LogP contribution >= 0.6 is 0 Å². The summed E-state index contributed by atoms with van der Waals surface area (Å²) in [6.07, 6.45) is 2.68. The third kappa shape index (κ3) is 3.99. The highest BCUT2D eigenvalue weighted by atomic mass is 16.6. The Balaban J connectivity index is 1.87. The van der Waals surface area contributed by atoms with Gasteiger partial charge in [0.25, 0.3) is 5.69 Å². The van der Waals surface area contributed by atoms with Crippen LogP contribution in [-0.4, -0.2) is 34.3 Å². The van der Waals surface area contributed by atoms with E-state index in [1.54, 1.807) is 6.20 Å². The summed E-state index contributed by atoms with van der Waals surface area (Å²) in [7, 11) is 1.45. The number of anilines is 1. The first-order chi connectivity index (χ1) is 13.4. The predicted molar refractivity (Wildman–Crippen MR) is 102 cm³/mol. The Labute approximate surface area is 162 Å². The summed E-state index contributed by atoms with van der Waals surface area (Å²) in [5.41, 5.74) is 0.995. The maximum Gasteiger partial charge on any atom is 0.271 e. The zero-order valence-electron chi connectivity index (χ0n) is 16.1. The number of hydrogen-bond acceptors (Lipinski definition) is 6. The standard InChI is InChI=1S/C19H24N4O5/c1-12(2)22-16(8-9-20-22)18-14(5-4-10-28-18)19(24)21-15-11-13(23(25)26)6-7-17(15)27-3/h6-9,11-12,14,18H,4-5,10H2,1-3H3,(H,21,24)/t14-,18-/m1/s1. The summed E-state index contributed by atoms with van der Waals surface area (Å²) in [6.45, 7) is 4.60. The third-order valence-corrected chi connectivity index (χ3v) is 4.79. The summed E-state index contributed by atoms with van der Waals surface area (Å²) in [4.78, 5) is 23.6. The van der Waals surface area contributed by atoms with E-state index in [9.17, 15) is 14.9 Å². The van der Waals surface area contributed by atoms with E-state index in [4.69, 9.17) is 9.47 Å². The van der Waals surface area contributed by atoms with Crippen LogP contribution < -0.4 is 10.1 Å². The number of amides is 1. The lowest BCUT2D eigenvalue weighted by Crippen LogP contribution is -2.34. The molecule has 1 N–H and O–H groups in total. The van der Waals surface area contributed by atoms with Gasteiger partial charge in [-0.25, -0.2) is 0 Å². The van der Waals surface area contributed by atoms with Gasteiger partial charge in [-0.3, -0.25) is 19.6 Å². The molecule has 1 aromatic heterocycles. The Morgan fingerprint density at radius 3 is 2.89 bits per heavy atom. The van der Waals surface area contributed by atoms with Crippen molar-refractivity contribution in [3.05, 3.63) is 46.3 Å². The minimum absolute atomic E-state index is 0.120. The van der Waals surface area contributed by atoms with Crippen molar-refractivity contribution in [1.82, 2.24) is 9.78 Å². The van der Waals surface area contributed by atoms with Crippen LogP contribution in [0.3, 0.4) is 0 Å². The number of nitrogens with one attached hydrogen (secondary N) is 1. The molecule has 1 aliphatic rings. The molecule has 0 spiro atoms. The predicted octanol–water partition coefficient (Wildman–Crippen LogP) is 3.49. The van der Waals surface area contributed by atoms with Crippen LogP contribution in [0, 0.1) is 16.0 Å². The van der Waals surface area contributed by atoms with Gasteiger partial charge in [0.15, 0.2) is 0 Å². The molecule has 1 aliphatic heterocycles. The lowest BCUT2D eigenvalue weighted by Gasteiger charge is -2.31. The zero-order chi connectivity index (χ0) is 20.3. The average Bonchev–Trinajstić information content (AvgIpc) is 3.18. The molecule has 9 heteroatoms. The van der Waals surface area contributed by atoms with Gasteiger partial charge in [0.1, 0.15) is 11.9 Å². The van der Waals surface area contributed by atoms with E-state index in [1.165, 1.54) is 25.3 Å². The lowest BCUT2D eigenvalue weighted by atomic mass is 9.91. The number of ether oxygens (including phenoxy) is 2. The first-order valence-electron chi connectivity index (χ1n) is 9.20. The fraction of sp³-hybridized carbons (Fsp3) is 0.474. The van der Waals surface area contributed by atoms with E-state index in [0.29, 0.717) is 18.8 Å². The Morgan fingerprint density at radius 2 is 2.21 bits per heavy atom. The molecule has 150 valence electrons. The molecule has 0 saturated carbocycles. The molecule has 0 radical (unpaired) electrons. The zero-order valence-corrected chi connectivity index (χ0v) is 16.1. The Hall–Kier alpha value is -2.94. The summed E-state index contributed by atoms with van der Waals surface area (Å²) in [5, 5.41) is 18.2. The molecule has 1 aromatic carbocycles. The highest BCUT2D eigenvalue weighted by Gasteiger charge is 2.36. The van der Waals surface area contributed by atoms with Gasteiger partial charge in [-0.2, -0.15) is 5.10 Å². The molecule has 1 saturated heterocycles. The molecule has 1 fully saturated rings. The molecule has 2 atom stereocenters. The fourth-order valence-corrected chi connectivity index (χ4v) is 3.46. The monoisotopic (exact) mass is 388 g/mol. The molecule has 9 nitrogen and oxygen atoms in total. The van der Waals surface area contributed by atoms with Crippen LogP contribution in [0.2, 0.25) is 0 Å². The normalized spacial score (nSPS) is 19.4.